The first-order valence-electron chi connectivity index (χ1n) is 9.01. The molecule has 0 aliphatic heterocycles. The Kier molecular flexibility index (Phi) is 10.4. The van der Waals surface area contributed by atoms with Gasteiger partial charge in [-0.25, -0.2) is 8.78 Å². The van der Waals surface area contributed by atoms with Crippen LogP contribution in [-0.2, 0) is 13.5 Å². The molecule has 1 atom stereocenters. The fourth-order valence-corrected chi connectivity index (χ4v) is 2.75. The third-order valence-corrected chi connectivity index (χ3v) is 4.19. The van der Waals surface area contributed by atoms with E-state index in [-0.39, 0.29) is 30.0 Å². The van der Waals surface area contributed by atoms with Gasteiger partial charge in [0.15, 0.2) is 5.96 Å². The first-order valence-corrected chi connectivity index (χ1v) is 9.01. The van der Waals surface area contributed by atoms with Gasteiger partial charge in [-0.3, -0.25) is 9.67 Å². The largest absolute Gasteiger partial charge is 0.357 e. The highest BCUT2D eigenvalue weighted by Gasteiger charge is 2.15. The van der Waals surface area contributed by atoms with E-state index in [0.717, 1.165) is 17.7 Å². The summed E-state index contributed by atoms with van der Waals surface area (Å²) in [6.07, 6.45) is 4.19. The summed E-state index contributed by atoms with van der Waals surface area (Å²) in [6.45, 7) is 3.68. The lowest BCUT2D eigenvalue weighted by molar-refractivity contribution is 0.306. The lowest BCUT2D eigenvalue weighted by Gasteiger charge is -2.22. The van der Waals surface area contributed by atoms with Crippen LogP contribution < -0.4 is 10.6 Å². The molecule has 9 heteroatoms. The zero-order chi connectivity index (χ0) is 19.8. The van der Waals surface area contributed by atoms with Gasteiger partial charge in [0, 0.05) is 31.9 Å². The lowest BCUT2D eigenvalue weighted by atomic mass is 10.1. The molecular weight excluding hydrogens is 477 g/mol. The highest BCUT2D eigenvalue weighted by Crippen LogP contribution is 2.17. The van der Waals surface area contributed by atoms with Crippen LogP contribution in [0.15, 0.2) is 35.6 Å². The fourth-order valence-electron chi connectivity index (χ4n) is 2.75. The van der Waals surface area contributed by atoms with Crippen LogP contribution in [0.4, 0.5) is 8.78 Å². The predicted octanol–water partition coefficient (Wildman–Crippen LogP) is 2.72. The van der Waals surface area contributed by atoms with Gasteiger partial charge in [0.05, 0.1) is 18.8 Å². The molecule has 0 spiro atoms. The predicted molar refractivity (Wildman–Crippen MR) is 119 cm³/mol. The standard InChI is InChI=1S/C19H28F2N6.HI/c1-5-22-19(23-9-8-14-10-16(20)6-7-17(14)21)24-12-18(26(2)3)15-11-25-27(4)13-15;/h6-7,10-11,13,18H,5,8-9,12H2,1-4H3,(H2,22,23,24);1H. The number of rotatable bonds is 8. The summed E-state index contributed by atoms with van der Waals surface area (Å²) in [5.41, 5.74) is 1.43. The van der Waals surface area contributed by atoms with E-state index in [2.05, 4.69) is 25.6 Å². The van der Waals surface area contributed by atoms with Gasteiger partial charge < -0.3 is 15.5 Å². The van der Waals surface area contributed by atoms with Gasteiger partial charge in [0.25, 0.3) is 0 Å². The molecule has 6 nitrogen and oxygen atoms in total. The molecule has 0 amide bonds. The van der Waals surface area contributed by atoms with Gasteiger partial charge in [-0.2, -0.15) is 5.10 Å². The molecule has 0 fully saturated rings. The number of aryl methyl sites for hydroxylation is 1. The number of hydrogen-bond donors (Lipinski definition) is 2. The Morgan fingerprint density at radius 2 is 2.04 bits per heavy atom. The Balaban J connectivity index is 0.00000392. The van der Waals surface area contributed by atoms with Crippen molar-refractivity contribution in [1.29, 1.82) is 0 Å². The monoisotopic (exact) mass is 506 g/mol. The smallest absolute Gasteiger partial charge is 0.191 e. The van der Waals surface area contributed by atoms with Crippen molar-refractivity contribution in [2.24, 2.45) is 12.0 Å². The Bertz CT molecular complexity index is 763. The van der Waals surface area contributed by atoms with E-state index in [1.807, 2.05) is 40.5 Å². The third-order valence-electron chi connectivity index (χ3n) is 4.19. The molecular formula is C19H29F2IN6. The molecule has 2 aromatic rings. The maximum absolute atomic E-state index is 13.7. The number of benzene rings is 1. The number of aromatic nitrogens is 2. The van der Waals surface area contributed by atoms with Crippen molar-refractivity contribution in [3.05, 3.63) is 53.4 Å². The summed E-state index contributed by atoms with van der Waals surface area (Å²) >= 11 is 0. The van der Waals surface area contributed by atoms with E-state index in [1.54, 1.807) is 4.68 Å². The van der Waals surface area contributed by atoms with Crippen LogP contribution in [0.5, 0.6) is 0 Å². The van der Waals surface area contributed by atoms with E-state index in [9.17, 15) is 8.78 Å². The fraction of sp³-hybridized carbons (Fsp3) is 0.474. The maximum Gasteiger partial charge on any atom is 0.191 e. The van der Waals surface area contributed by atoms with Crippen molar-refractivity contribution in [3.63, 3.8) is 0 Å². The zero-order valence-electron chi connectivity index (χ0n) is 16.7. The van der Waals surface area contributed by atoms with Gasteiger partial charge in [-0.15, -0.1) is 24.0 Å². The molecule has 0 bridgehead atoms. The summed E-state index contributed by atoms with van der Waals surface area (Å²) in [5.74, 6) is -0.188. The second-order valence-electron chi connectivity index (χ2n) is 6.56. The lowest BCUT2D eigenvalue weighted by Crippen LogP contribution is -2.39. The van der Waals surface area contributed by atoms with Crippen LogP contribution in [0.1, 0.15) is 24.1 Å². The highest BCUT2D eigenvalue weighted by molar-refractivity contribution is 14.0. The first kappa shape index (κ1) is 24.3. The normalized spacial score (nSPS) is 12.6. The van der Waals surface area contributed by atoms with E-state index < -0.39 is 11.6 Å². The van der Waals surface area contributed by atoms with Crippen molar-refractivity contribution in [3.8, 4) is 0 Å². The third kappa shape index (κ3) is 7.34. The van der Waals surface area contributed by atoms with Gasteiger partial charge in [-0.1, -0.05) is 0 Å². The zero-order valence-corrected chi connectivity index (χ0v) is 19.1. The second-order valence-corrected chi connectivity index (χ2v) is 6.56. The van der Waals surface area contributed by atoms with Crippen molar-refractivity contribution in [2.75, 3.05) is 33.7 Å². The molecule has 1 unspecified atom stereocenters. The molecule has 0 radical (unpaired) electrons. The molecule has 0 saturated heterocycles. The number of likely N-dealkylation sites (N-methyl/N-ethyl adjacent to an activating group) is 1. The molecule has 2 N–H and O–H groups in total. The quantitative estimate of drug-likeness (QED) is 0.329. The molecule has 2 rings (SSSR count). The molecule has 1 heterocycles. The number of hydrogen-bond acceptors (Lipinski definition) is 3. The summed E-state index contributed by atoms with van der Waals surface area (Å²) in [4.78, 5) is 6.73. The number of guanidine groups is 1. The minimum absolute atomic E-state index is 0. The van der Waals surface area contributed by atoms with Gasteiger partial charge in [0.2, 0.25) is 0 Å². The summed E-state index contributed by atoms with van der Waals surface area (Å²) < 4.78 is 28.8. The van der Waals surface area contributed by atoms with E-state index in [1.165, 1.54) is 6.07 Å². The average molecular weight is 506 g/mol. The topological polar surface area (TPSA) is 57.5 Å². The van der Waals surface area contributed by atoms with Gasteiger partial charge in [0.1, 0.15) is 11.6 Å². The SMILES string of the molecule is CCNC(=NCC(c1cnn(C)c1)N(C)C)NCCc1cc(F)ccc1F.I. The first-order chi connectivity index (χ1) is 12.9. The number of nitrogens with one attached hydrogen (secondary N) is 2. The Morgan fingerprint density at radius 1 is 1.29 bits per heavy atom. The Labute approximate surface area is 182 Å². The summed E-state index contributed by atoms with van der Waals surface area (Å²) in [5, 5.41) is 10.6. The van der Waals surface area contributed by atoms with Crippen molar-refractivity contribution >= 4 is 29.9 Å². The molecule has 1 aromatic heterocycles. The van der Waals surface area contributed by atoms with E-state index in [0.29, 0.717) is 37.6 Å². The van der Waals surface area contributed by atoms with Crippen LogP contribution in [0.25, 0.3) is 0 Å². The highest BCUT2D eigenvalue weighted by atomic mass is 127. The van der Waals surface area contributed by atoms with Gasteiger partial charge in [-0.05, 0) is 51.2 Å². The van der Waals surface area contributed by atoms with Crippen molar-refractivity contribution in [1.82, 2.24) is 25.3 Å². The van der Waals surface area contributed by atoms with E-state index in [4.69, 9.17) is 0 Å². The summed E-state index contributed by atoms with van der Waals surface area (Å²) in [6, 6.07) is 3.60. The molecule has 156 valence electrons. The van der Waals surface area contributed by atoms with Crippen molar-refractivity contribution in [2.45, 2.75) is 19.4 Å². The maximum atomic E-state index is 13.7. The van der Waals surface area contributed by atoms with Gasteiger partial charge >= 0.3 is 0 Å². The Hall–Kier alpha value is -1.75. The van der Waals surface area contributed by atoms with Crippen LogP contribution in [0.3, 0.4) is 0 Å². The summed E-state index contributed by atoms with van der Waals surface area (Å²) in [7, 11) is 5.89. The molecule has 0 aliphatic rings. The van der Waals surface area contributed by atoms with Crippen LogP contribution in [-0.4, -0.2) is 54.4 Å². The Morgan fingerprint density at radius 3 is 2.64 bits per heavy atom. The molecule has 0 saturated carbocycles. The number of aliphatic imine (C=N–C) groups is 1. The molecule has 28 heavy (non-hydrogen) atoms. The van der Waals surface area contributed by atoms with Crippen LogP contribution >= 0.6 is 24.0 Å². The minimum atomic E-state index is -0.433. The number of nitrogens with zero attached hydrogens (tertiary/aromatic N) is 4. The van der Waals surface area contributed by atoms with Crippen molar-refractivity contribution < 1.29 is 8.78 Å². The van der Waals surface area contributed by atoms with Crippen LogP contribution in [0.2, 0.25) is 0 Å². The minimum Gasteiger partial charge on any atom is -0.357 e. The van der Waals surface area contributed by atoms with Crippen LogP contribution in [0, 0.1) is 11.6 Å². The second kappa shape index (κ2) is 11.9. The average Bonchev–Trinajstić information content (AvgIpc) is 3.03. The molecule has 0 aliphatic carbocycles. The van der Waals surface area contributed by atoms with E-state index >= 15 is 0 Å². The number of halogens is 3. The molecule has 1 aromatic carbocycles.